The van der Waals surface area contributed by atoms with Crippen molar-refractivity contribution in [3.8, 4) is 0 Å². The molecule has 2 heterocycles. The van der Waals surface area contributed by atoms with Gasteiger partial charge in [-0.15, -0.1) is 0 Å². The molecule has 4 heteroatoms. The van der Waals surface area contributed by atoms with E-state index in [1.165, 1.54) is 32.4 Å². The third-order valence-corrected chi connectivity index (χ3v) is 3.37. The maximum Gasteiger partial charge on any atom is 0.191 e. The van der Waals surface area contributed by atoms with Gasteiger partial charge in [0, 0.05) is 26.2 Å². The zero-order valence-corrected chi connectivity index (χ0v) is 8.95. The summed E-state index contributed by atoms with van der Waals surface area (Å²) in [5, 5.41) is 0. The van der Waals surface area contributed by atoms with Crippen LogP contribution in [0.25, 0.3) is 0 Å². The van der Waals surface area contributed by atoms with Crippen molar-refractivity contribution in [1.29, 1.82) is 0 Å². The molecule has 0 spiro atoms. The van der Waals surface area contributed by atoms with Crippen LogP contribution < -0.4 is 5.73 Å². The van der Waals surface area contributed by atoms with Gasteiger partial charge in [-0.25, -0.2) is 0 Å². The largest absolute Gasteiger partial charge is 0.370 e. The van der Waals surface area contributed by atoms with E-state index < -0.39 is 0 Å². The van der Waals surface area contributed by atoms with Gasteiger partial charge in [0.25, 0.3) is 0 Å². The summed E-state index contributed by atoms with van der Waals surface area (Å²) in [4.78, 5) is 8.83. The van der Waals surface area contributed by atoms with Crippen LogP contribution in [0.2, 0.25) is 0 Å². The normalized spacial score (nSPS) is 30.2. The second-order valence-corrected chi connectivity index (χ2v) is 4.21. The maximum absolute atomic E-state index is 5.80. The molecule has 0 aromatic heterocycles. The Balaban J connectivity index is 1.87. The highest BCUT2D eigenvalue weighted by Crippen LogP contribution is 2.19. The summed E-state index contributed by atoms with van der Waals surface area (Å²) in [7, 11) is 1.76. The molecule has 1 unspecified atom stereocenters. The van der Waals surface area contributed by atoms with Crippen molar-refractivity contribution in [2.24, 2.45) is 10.7 Å². The van der Waals surface area contributed by atoms with E-state index in [4.69, 9.17) is 5.73 Å². The predicted molar refractivity (Wildman–Crippen MR) is 58.3 cm³/mol. The summed E-state index contributed by atoms with van der Waals surface area (Å²) in [6.07, 6.45) is 3.98. The molecule has 0 bridgehead atoms. The van der Waals surface area contributed by atoms with Crippen molar-refractivity contribution in [1.82, 2.24) is 9.80 Å². The Labute approximate surface area is 85.8 Å². The lowest BCUT2D eigenvalue weighted by atomic mass is 10.2. The second-order valence-electron chi connectivity index (χ2n) is 4.21. The Hall–Kier alpha value is -0.770. The first-order valence-corrected chi connectivity index (χ1v) is 5.52. The lowest BCUT2D eigenvalue weighted by Gasteiger charge is -2.23. The molecule has 0 radical (unpaired) electrons. The fraction of sp³-hybridized carbons (Fsp3) is 0.900. The van der Waals surface area contributed by atoms with Crippen molar-refractivity contribution >= 4 is 5.96 Å². The van der Waals surface area contributed by atoms with E-state index in [1.807, 2.05) is 0 Å². The Kier molecular flexibility index (Phi) is 2.91. The van der Waals surface area contributed by atoms with E-state index in [9.17, 15) is 0 Å². The zero-order valence-electron chi connectivity index (χ0n) is 8.95. The molecular formula is C10H20N4. The second kappa shape index (κ2) is 4.17. The lowest BCUT2D eigenvalue weighted by molar-refractivity contribution is 0.249. The standard InChI is InChI=1S/C10H20N4/c1-12-10(11)14-7-4-9(8-14)13-5-2-3-6-13/h9H,2-8H2,1H3,(H2,11,12). The van der Waals surface area contributed by atoms with Gasteiger partial charge in [0.05, 0.1) is 0 Å². The number of guanidine groups is 1. The molecule has 1 atom stereocenters. The summed E-state index contributed by atoms with van der Waals surface area (Å²) in [6.45, 7) is 4.71. The molecule has 2 saturated heterocycles. The number of nitrogens with zero attached hydrogens (tertiary/aromatic N) is 3. The van der Waals surface area contributed by atoms with Crippen LogP contribution in [-0.4, -0.2) is 55.0 Å². The molecule has 0 aliphatic carbocycles. The first-order valence-electron chi connectivity index (χ1n) is 5.52. The number of hydrogen-bond acceptors (Lipinski definition) is 2. The van der Waals surface area contributed by atoms with Gasteiger partial charge < -0.3 is 10.6 Å². The third kappa shape index (κ3) is 1.85. The summed E-state index contributed by atoms with van der Waals surface area (Å²) in [5.74, 6) is 0.701. The van der Waals surface area contributed by atoms with E-state index in [0.717, 1.165) is 19.1 Å². The van der Waals surface area contributed by atoms with Crippen molar-refractivity contribution in [3.63, 3.8) is 0 Å². The highest BCUT2D eigenvalue weighted by atomic mass is 15.3. The Morgan fingerprint density at radius 2 is 2.00 bits per heavy atom. The molecule has 2 rings (SSSR count). The molecule has 0 aromatic carbocycles. The van der Waals surface area contributed by atoms with Gasteiger partial charge in [0.15, 0.2) is 5.96 Å². The molecule has 2 fully saturated rings. The van der Waals surface area contributed by atoms with E-state index in [1.54, 1.807) is 7.05 Å². The number of nitrogens with two attached hydrogens (primary N) is 1. The fourth-order valence-electron chi connectivity index (χ4n) is 2.50. The van der Waals surface area contributed by atoms with Crippen molar-refractivity contribution < 1.29 is 0 Å². The lowest BCUT2D eigenvalue weighted by Crippen LogP contribution is -2.39. The van der Waals surface area contributed by atoms with Crippen molar-refractivity contribution in [2.45, 2.75) is 25.3 Å². The minimum atomic E-state index is 0.701. The Morgan fingerprint density at radius 1 is 1.29 bits per heavy atom. The van der Waals surface area contributed by atoms with Gasteiger partial charge >= 0.3 is 0 Å². The first-order chi connectivity index (χ1) is 6.81. The minimum absolute atomic E-state index is 0.701. The third-order valence-electron chi connectivity index (χ3n) is 3.37. The summed E-state index contributed by atoms with van der Waals surface area (Å²) < 4.78 is 0. The highest BCUT2D eigenvalue weighted by Gasteiger charge is 2.29. The van der Waals surface area contributed by atoms with Crippen LogP contribution in [0, 0.1) is 0 Å². The molecule has 0 amide bonds. The summed E-state index contributed by atoms with van der Waals surface area (Å²) >= 11 is 0. The van der Waals surface area contributed by atoms with Crippen LogP contribution in [-0.2, 0) is 0 Å². The SMILES string of the molecule is CN=C(N)N1CCC(N2CCCC2)C1. The highest BCUT2D eigenvalue weighted by molar-refractivity contribution is 5.78. The van der Waals surface area contributed by atoms with E-state index >= 15 is 0 Å². The molecule has 80 valence electrons. The molecule has 2 aliphatic heterocycles. The topological polar surface area (TPSA) is 44.9 Å². The van der Waals surface area contributed by atoms with Crippen LogP contribution in [0.1, 0.15) is 19.3 Å². The number of likely N-dealkylation sites (tertiary alicyclic amines) is 2. The molecule has 4 nitrogen and oxygen atoms in total. The summed E-state index contributed by atoms with van der Waals surface area (Å²) in [6, 6.07) is 0.720. The smallest absolute Gasteiger partial charge is 0.191 e. The quantitative estimate of drug-likeness (QED) is 0.478. The van der Waals surface area contributed by atoms with Crippen molar-refractivity contribution in [2.75, 3.05) is 33.2 Å². The minimum Gasteiger partial charge on any atom is -0.370 e. The predicted octanol–water partition coefficient (Wildman–Crippen LogP) is 0.101. The van der Waals surface area contributed by atoms with Crippen LogP contribution in [0.4, 0.5) is 0 Å². The van der Waals surface area contributed by atoms with Crippen LogP contribution in [0.3, 0.4) is 0 Å². The monoisotopic (exact) mass is 196 g/mol. The molecule has 2 N–H and O–H groups in total. The van der Waals surface area contributed by atoms with E-state index in [2.05, 4.69) is 14.8 Å². The van der Waals surface area contributed by atoms with E-state index in [-0.39, 0.29) is 0 Å². The Morgan fingerprint density at radius 3 is 2.64 bits per heavy atom. The van der Waals surface area contributed by atoms with Crippen LogP contribution in [0.15, 0.2) is 4.99 Å². The van der Waals surface area contributed by atoms with Gasteiger partial charge in [-0.1, -0.05) is 0 Å². The molecule has 2 aliphatic rings. The van der Waals surface area contributed by atoms with Crippen LogP contribution >= 0.6 is 0 Å². The van der Waals surface area contributed by atoms with Gasteiger partial charge in [0.1, 0.15) is 0 Å². The van der Waals surface area contributed by atoms with Gasteiger partial charge in [-0.05, 0) is 32.4 Å². The Bertz CT molecular complexity index is 220. The fourth-order valence-corrected chi connectivity index (χ4v) is 2.50. The van der Waals surface area contributed by atoms with Crippen LogP contribution in [0.5, 0.6) is 0 Å². The van der Waals surface area contributed by atoms with E-state index in [0.29, 0.717) is 5.96 Å². The number of aliphatic imine (C=N–C) groups is 1. The average molecular weight is 196 g/mol. The average Bonchev–Trinajstić information content (AvgIpc) is 2.86. The molecular weight excluding hydrogens is 176 g/mol. The maximum atomic E-state index is 5.80. The summed E-state index contributed by atoms with van der Waals surface area (Å²) in [5.41, 5.74) is 5.80. The molecule has 14 heavy (non-hydrogen) atoms. The molecule has 0 saturated carbocycles. The molecule has 0 aromatic rings. The van der Waals surface area contributed by atoms with Gasteiger partial charge in [-0.2, -0.15) is 0 Å². The van der Waals surface area contributed by atoms with Crippen molar-refractivity contribution in [3.05, 3.63) is 0 Å². The van der Waals surface area contributed by atoms with Gasteiger partial charge in [0.2, 0.25) is 0 Å². The number of hydrogen-bond donors (Lipinski definition) is 1. The first kappa shape index (κ1) is 9.77. The number of rotatable bonds is 1. The zero-order chi connectivity index (χ0) is 9.97. The van der Waals surface area contributed by atoms with Gasteiger partial charge in [-0.3, -0.25) is 9.89 Å².